The van der Waals surface area contributed by atoms with Crippen molar-refractivity contribution in [2.75, 3.05) is 0 Å². The van der Waals surface area contributed by atoms with Crippen molar-refractivity contribution in [3.63, 3.8) is 0 Å². The molecule has 0 amide bonds. The standard InChI is InChI=1S/C9H9Cl3O2/c1-4(13)9(14)8-6(11)2-5(10)3-7(8)12/h2-4,9,13-14H,1H3/t4-,9+/m0/s1. The summed E-state index contributed by atoms with van der Waals surface area (Å²) in [6.07, 6.45) is -2.04. The van der Waals surface area contributed by atoms with E-state index in [1.807, 2.05) is 0 Å². The number of rotatable bonds is 2. The average molecular weight is 256 g/mol. The molecule has 0 bridgehead atoms. The van der Waals surface area contributed by atoms with Crippen LogP contribution in [0.2, 0.25) is 15.1 Å². The van der Waals surface area contributed by atoms with E-state index in [0.717, 1.165) is 0 Å². The zero-order chi connectivity index (χ0) is 10.9. The fraction of sp³-hybridized carbons (Fsp3) is 0.333. The Balaban J connectivity index is 3.20. The number of hydrogen-bond acceptors (Lipinski definition) is 2. The number of aliphatic hydroxyl groups is 2. The van der Waals surface area contributed by atoms with Gasteiger partial charge in [0.25, 0.3) is 0 Å². The molecule has 0 fully saturated rings. The first kappa shape index (κ1) is 12.1. The molecule has 1 aromatic rings. The van der Waals surface area contributed by atoms with Crippen molar-refractivity contribution in [2.45, 2.75) is 19.1 Å². The van der Waals surface area contributed by atoms with Crippen LogP contribution in [0.5, 0.6) is 0 Å². The molecular formula is C9H9Cl3O2. The molecule has 0 heterocycles. The van der Waals surface area contributed by atoms with Crippen LogP contribution >= 0.6 is 34.8 Å². The lowest BCUT2D eigenvalue weighted by atomic mass is 10.1. The van der Waals surface area contributed by atoms with E-state index in [1.165, 1.54) is 19.1 Å². The zero-order valence-electron chi connectivity index (χ0n) is 7.34. The summed E-state index contributed by atoms with van der Waals surface area (Å²) in [7, 11) is 0. The highest BCUT2D eigenvalue weighted by Crippen LogP contribution is 2.34. The molecule has 1 aromatic carbocycles. The van der Waals surface area contributed by atoms with Gasteiger partial charge in [-0.05, 0) is 19.1 Å². The van der Waals surface area contributed by atoms with Crippen molar-refractivity contribution < 1.29 is 10.2 Å². The third-order valence-electron chi connectivity index (χ3n) is 1.80. The van der Waals surface area contributed by atoms with Crippen LogP contribution in [0.1, 0.15) is 18.6 Å². The van der Waals surface area contributed by atoms with E-state index in [9.17, 15) is 10.2 Å². The number of hydrogen-bond donors (Lipinski definition) is 2. The SMILES string of the molecule is C[C@H](O)[C@@H](O)c1c(Cl)cc(Cl)cc1Cl. The van der Waals surface area contributed by atoms with Gasteiger partial charge in [-0.2, -0.15) is 0 Å². The van der Waals surface area contributed by atoms with E-state index in [-0.39, 0.29) is 10.0 Å². The summed E-state index contributed by atoms with van der Waals surface area (Å²) in [5.74, 6) is 0. The molecular weight excluding hydrogens is 246 g/mol. The van der Waals surface area contributed by atoms with Gasteiger partial charge < -0.3 is 10.2 Å². The minimum absolute atomic E-state index is 0.246. The fourth-order valence-corrected chi connectivity index (χ4v) is 2.12. The summed E-state index contributed by atoms with van der Waals surface area (Å²) < 4.78 is 0. The first-order chi connectivity index (χ1) is 6.43. The van der Waals surface area contributed by atoms with E-state index < -0.39 is 12.2 Å². The molecule has 0 spiro atoms. The molecule has 5 heteroatoms. The highest BCUT2D eigenvalue weighted by atomic mass is 35.5. The van der Waals surface area contributed by atoms with Crippen LogP contribution in [0.4, 0.5) is 0 Å². The summed E-state index contributed by atoms with van der Waals surface area (Å²) >= 11 is 17.4. The lowest BCUT2D eigenvalue weighted by Gasteiger charge is -2.17. The third kappa shape index (κ3) is 2.53. The predicted molar refractivity (Wildman–Crippen MR) is 58.1 cm³/mol. The van der Waals surface area contributed by atoms with Crippen LogP contribution in [0.15, 0.2) is 12.1 Å². The second-order valence-corrected chi connectivity index (χ2v) is 4.22. The molecule has 0 aromatic heterocycles. The maximum absolute atomic E-state index is 9.59. The van der Waals surface area contributed by atoms with Crippen molar-refractivity contribution in [2.24, 2.45) is 0 Å². The molecule has 0 aliphatic carbocycles. The van der Waals surface area contributed by atoms with Crippen molar-refractivity contribution in [1.82, 2.24) is 0 Å². The second kappa shape index (κ2) is 4.69. The molecule has 2 atom stereocenters. The van der Waals surface area contributed by atoms with Gasteiger partial charge in [0.05, 0.1) is 6.10 Å². The highest BCUT2D eigenvalue weighted by molar-refractivity contribution is 6.39. The third-order valence-corrected chi connectivity index (χ3v) is 2.64. The molecule has 0 aliphatic heterocycles. The monoisotopic (exact) mass is 254 g/mol. The van der Waals surface area contributed by atoms with E-state index in [2.05, 4.69) is 0 Å². The minimum Gasteiger partial charge on any atom is -0.390 e. The van der Waals surface area contributed by atoms with E-state index >= 15 is 0 Å². The highest BCUT2D eigenvalue weighted by Gasteiger charge is 2.20. The van der Waals surface area contributed by atoms with Gasteiger partial charge in [-0.15, -0.1) is 0 Å². The maximum atomic E-state index is 9.59. The van der Waals surface area contributed by atoms with Crippen LogP contribution in [-0.4, -0.2) is 16.3 Å². The molecule has 2 nitrogen and oxygen atoms in total. The first-order valence-electron chi connectivity index (χ1n) is 3.94. The van der Waals surface area contributed by atoms with Crippen LogP contribution in [0.25, 0.3) is 0 Å². The summed E-state index contributed by atoms with van der Waals surface area (Å²) in [5, 5.41) is 19.7. The molecule has 0 saturated heterocycles. The van der Waals surface area contributed by atoms with Crippen LogP contribution < -0.4 is 0 Å². The van der Waals surface area contributed by atoms with Gasteiger partial charge in [-0.3, -0.25) is 0 Å². The summed E-state index contributed by atoms with van der Waals surface area (Å²) in [5.41, 5.74) is 0.299. The molecule has 0 radical (unpaired) electrons. The van der Waals surface area contributed by atoms with Crippen molar-refractivity contribution in [3.8, 4) is 0 Å². The molecule has 1 rings (SSSR count). The topological polar surface area (TPSA) is 40.5 Å². The van der Waals surface area contributed by atoms with Gasteiger partial charge in [0, 0.05) is 20.6 Å². The van der Waals surface area contributed by atoms with Gasteiger partial charge in [0.15, 0.2) is 0 Å². The molecule has 78 valence electrons. The smallest absolute Gasteiger partial charge is 0.107 e. The summed E-state index contributed by atoms with van der Waals surface area (Å²) in [6.45, 7) is 1.45. The first-order valence-corrected chi connectivity index (χ1v) is 5.07. The van der Waals surface area contributed by atoms with Crippen LogP contribution in [0, 0.1) is 0 Å². The fourth-order valence-electron chi connectivity index (χ4n) is 1.08. The number of aliphatic hydroxyl groups excluding tert-OH is 2. The Morgan fingerprint density at radius 1 is 1.07 bits per heavy atom. The summed E-state index contributed by atoms with van der Waals surface area (Å²) in [6, 6.07) is 2.94. The molecule has 0 unspecified atom stereocenters. The van der Waals surface area contributed by atoms with Gasteiger partial charge in [-0.25, -0.2) is 0 Å². The molecule has 14 heavy (non-hydrogen) atoms. The molecule has 0 saturated carbocycles. The molecule has 2 N–H and O–H groups in total. The van der Waals surface area contributed by atoms with Gasteiger partial charge in [0.2, 0.25) is 0 Å². The van der Waals surface area contributed by atoms with Crippen LogP contribution in [0.3, 0.4) is 0 Å². The lowest BCUT2D eigenvalue weighted by molar-refractivity contribution is 0.0306. The van der Waals surface area contributed by atoms with Crippen molar-refractivity contribution in [3.05, 3.63) is 32.8 Å². The minimum atomic E-state index is -1.10. The number of benzene rings is 1. The summed E-state index contributed by atoms with van der Waals surface area (Å²) in [4.78, 5) is 0. The molecule has 0 aliphatic rings. The van der Waals surface area contributed by atoms with E-state index in [4.69, 9.17) is 34.8 Å². The Morgan fingerprint density at radius 3 is 1.86 bits per heavy atom. The van der Waals surface area contributed by atoms with E-state index in [0.29, 0.717) is 10.6 Å². The quantitative estimate of drug-likeness (QED) is 0.853. The predicted octanol–water partition coefficient (Wildman–Crippen LogP) is 3.06. The Labute approximate surface area is 97.0 Å². The Hall–Kier alpha value is 0.01000. The van der Waals surface area contributed by atoms with Gasteiger partial charge in [0.1, 0.15) is 6.10 Å². The normalized spacial score (nSPS) is 15.3. The number of halogens is 3. The Bertz CT molecular complexity index is 316. The lowest BCUT2D eigenvalue weighted by Crippen LogP contribution is -2.14. The maximum Gasteiger partial charge on any atom is 0.107 e. The van der Waals surface area contributed by atoms with Crippen molar-refractivity contribution >= 4 is 34.8 Å². The van der Waals surface area contributed by atoms with Crippen molar-refractivity contribution in [1.29, 1.82) is 0 Å². The Morgan fingerprint density at radius 2 is 1.50 bits per heavy atom. The van der Waals surface area contributed by atoms with E-state index in [1.54, 1.807) is 0 Å². The second-order valence-electron chi connectivity index (χ2n) is 2.97. The van der Waals surface area contributed by atoms with Crippen LogP contribution in [-0.2, 0) is 0 Å². The largest absolute Gasteiger partial charge is 0.390 e. The zero-order valence-corrected chi connectivity index (χ0v) is 9.61. The van der Waals surface area contributed by atoms with Gasteiger partial charge in [-0.1, -0.05) is 34.8 Å². The average Bonchev–Trinajstić information content (AvgIpc) is 2.01. The Kier molecular flexibility index (Phi) is 4.04. The van der Waals surface area contributed by atoms with Gasteiger partial charge >= 0.3 is 0 Å².